The molecule has 2 amide bonds. The van der Waals surface area contributed by atoms with Crippen LogP contribution < -0.4 is 10.6 Å². The summed E-state index contributed by atoms with van der Waals surface area (Å²) in [6.07, 6.45) is 0.650. The number of aryl methyl sites for hydroxylation is 1. The maximum atomic E-state index is 12.4. The van der Waals surface area contributed by atoms with Crippen molar-refractivity contribution in [3.8, 4) is 11.1 Å². The van der Waals surface area contributed by atoms with Crippen LogP contribution in [-0.4, -0.2) is 46.0 Å². The molecule has 0 saturated carbocycles. The van der Waals surface area contributed by atoms with E-state index in [0.717, 1.165) is 26.9 Å². The van der Waals surface area contributed by atoms with E-state index in [0.29, 0.717) is 0 Å². The third-order valence-corrected chi connectivity index (χ3v) is 5.74. The molecule has 0 spiro atoms. The van der Waals surface area contributed by atoms with Gasteiger partial charge in [0, 0.05) is 19.5 Å². The van der Waals surface area contributed by atoms with Crippen LogP contribution in [0.15, 0.2) is 54.7 Å². The van der Waals surface area contributed by atoms with E-state index in [-0.39, 0.29) is 30.5 Å². The van der Waals surface area contributed by atoms with E-state index >= 15 is 0 Å². The largest absolute Gasteiger partial charge is 0.476 e. The highest BCUT2D eigenvalue weighted by molar-refractivity contribution is 6.00. The number of aromatic nitrogens is 2. The van der Waals surface area contributed by atoms with Crippen LogP contribution in [0.4, 0.5) is 10.5 Å². The zero-order valence-corrected chi connectivity index (χ0v) is 18.2. The first-order valence-electron chi connectivity index (χ1n) is 10.5. The van der Waals surface area contributed by atoms with Gasteiger partial charge < -0.3 is 20.5 Å². The molecular weight excluding hydrogens is 424 g/mol. The van der Waals surface area contributed by atoms with Crippen molar-refractivity contribution in [3.05, 3.63) is 71.5 Å². The Morgan fingerprint density at radius 2 is 1.70 bits per heavy atom. The van der Waals surface area contributed by atoms with E-state index in [2.05, 4.69) is 27.9 Å². The van der Waals surface area contributed by atoms with Gasteiger partial charge in [0.2, 0.25) is 5.91 Å². The van der Waals surface area contributed by atoms with Crippen LogP contribution in [-0.2, 0) is 16.6 Å². The molecule has 0 fully saturated rings. The summed E-state index contributed by atoms with van der Waals surface area (Å²) in [5.74, 6) is -2.31. The lowest BCUT2D eigenvalue weighted by Gasteiger charge is -2.16. The molecule has 33 heavy (non-hydrogen) atoms. The summed E-state index contributed by atoms with van der Waals surface area (Å²) in [5.41, 5.74) is 4.49. The lowest BCUT2D eigenvalue weighted by molar-refractivity contribution is -0.119. The van der Waals surface area contributed by atoms with Gasteiger partial charge in [0.05, 0.1) is 17.8 Å². The van der Waals surface area contributed by atoms with Gasteiger partial charge in [-0.1, -0.05) is 55.5 Å². The second-order valence-corrected chi connectivity index (χ2v) is 7.93. The molecule has 1 aliphatic rings. The quantitative estimate of drug-likeness (QED) is 0.510. The number of hydrogen-bond acceptors (Lipinski definition) is 5. The van der Waals surface area contributed by atoms with Crippen molar-refractivity contribution in [1.29, 1.82) is 0 Å². The smallest absolute Gasteiger partial charge is 0.407 e. The van der Waals surface area contributed by atoms with Gasteiger partial charge in [-0.05, 0) is 22.3 Å². The number of fused-ring (bicyclic) bond motifs is 3. The van der Waals surface area contributed by atoms with E-state index in [1.54, 1.807) is 6.92 Å². The average Bonchev–Trinajstić information content (AvgIpc) is 3.33. The van der Waals surface area contributed by atoms with Crippen molar-refractivity contribution in [2.45, 2.75) is 12.8 Å². The summed E-state index contributed by atoms with van der Waals surface area (Å²) < 4.78 is 6.63. The van der Waals surface area contributed by atoms with Crippen molar-refractivity contribution in [1.82, 2.24) is 15.1 Å². The van der Waals surface area contributed by atoms with E-state index in [1.165, 1.54) is 13.2 Å². The predicted octanol–water partition coefficient (Wildman–Crippen LogP) is 3.23. The molecule has 1 aromatic heterocycles. The Bertz CT molecular complexity index is 1170. The molecule has 0 radical (unpaired) electrons. The highest BCUT2D eigenvalue weighted by atomic mass is 16.5. The number of carbonyl (C=O) groups excluding carboxylic acids is 2. The van der Waals surface area contributed by atoms with Gasteiger partial charge in [-0.3, -0.25) is 9.48 Å². The first-order chi connectivity index (χ1) is 15.9. The van der Waals surface area contributed by atoms with Gasteiger partial charge in [0.15, 0.2) is 5.69 Å². The molecule has 0 saturated heterocycles. The van der Waals surface area contributed by atoms with Crippen LogP contribution in [0.1, 0.15) is 34.5 Å². The Kier molecular flexibility index (Phi) is 6.12. The second kappa shape index (κ2) is 9.15. The Hall–Kier alpha value is -4.14. The summed E-state index contributed by atoms with van der Waals surface area (Å²) in [6, 6.07) is 16.1. The molecule has 1 aliphatic carbocycles. The summed E-state index contributed by atoms with van der Waals surface area (Å²) in [5, 5.41) is 18.2. The highest BCUT2D eigenvalue weighted by Gasteiger charge is 2.29. The summed E-state index contributed by atoms with van der Waals surface area (Å²) in [6.45, 7) is 1.83. The first kappa shape index (κ1) is 22.1. The standard InChI is InChI=1S/C24H24N4O5/c1-14(22(29)27-20-12-26-28(2)21(20)23(30)31)11-25-24(32)33-13-19-17-9-5-3-7-15(17)16-8-4-6-10-18(16)19/h3-10,12,14,19H,11,13H2,1-2H3,(H,25,32)(H,27,29)(H,30,31). The zero-order valence-electron chi connectivity index (χ0n) is 18.2. The Balaban J connectivity index is 1.31. The number of amides is 2. The number of carbonyl (C=O) groups is 3. The summed E-state index contributed by atoms with van der Waals surface area (Å²) >= 11 is 0. The van der Waals surface area contributed by atoms with E-state index < -0.39 is 23.9 Å². The van der Waals surface area contributed by atoms with E-state index in [4.69, 9.17) is 4.74 Å². The third-order valence-electron chi connectivity index (χ3n) is 5.74. The lowest BCUT2D eigenvalue weighted by Crippen LogP contribution is -2.35. The van der Waals surface area contributed by atoms with Crippen molar-refractivity contribution in [2.24, 2.45) is 13.0 Å². The Labute approximate surface area is 190 Å². The van der Waals surface area contributed by atoms with Gasteiger partial charge >= 0.3 is 12.1 Å². The highest BCUT2D eigenvalue weighted by Crippen LogP contribution is 2.44. The van der Waals surface area contributed by atoms with Crippen molar-refractivity contribution in [3.63, 3.8) is 0 Å². The molecule has 0 aliphatic heterocycles. The van der Waals surface area contributed by atoms with Crippen LogP contribution in [0.3, 0.4) is 0 Å². The zero-order chi connectivity index (χ0) is 23.5. The van der Waals surface area contributed by atoms with Crippen molar-refractivity contribution >= 4 is 23.7 Å². The van der Waals surface area contributed by atoms with Gasteiger partial charge in [-0.15, -0.1) is 0 Å². The SMILES string of the molecule is CC(CNC(=O)OCC1c2ccccc2-c2ccccc21)C(=O)Nc1cnn(C)c1C(=O)O. The maximum Gasteiger partial charge on any atom is 0.407 e. The molecule has 170 valence electrons. The van der Waals surface area contributed by atoms with Crippen LogP contribution in [0.5, 0.6) is 0 Å². The first-order valence-corrected chi connectivity index (χ1v) is 10.5. The number of benzene rings is 2. The molecular formula is C24H24N4O5. The molecule has 1 unspecified atom stereocenters. The van der Waals surface area contributed by atoms with Gasteiger partial charge in [0.25, 0.3) is 0 Å². The summed E-state index contributed by atoms with van der Waals surface area (Å²) in [4.78, 5) is 36.0. The van der Waals surface area contributed by atoms with Crippen molar-refractivity contribution < 1.29 is 24.2 Å². The maximum absolute atomic E-state index is 12.4. The molecule has 3 N–H and O–H groups in total. The number of carboxylic acid groups (broad SMARTS) is 1. The molecule has 4 rings (SSSR count). The fourth-order valence-corrected chi connectivity index (χ4v) is 4.02. The minimum absolute atomic E-state index is 0.0329. The molecule has 2 aromatic carbocycles. The minimum atomic E-state index is -1.20. The van der Waals surface area contributed by atoms with E-state index in [1.807, 2.05) is 36.4 Å². The normalized spacial score (nSPS) is 13.0. The molecule has 1 heterocycles. The number of nitrogens with one attached hydrogen (secondary N) is 2. The van der Waals surface area contributed by atoms with Gasteiger partial charge in [-0.25, -0.2) is 9.59 Å². The predicted molar refractivity (Wildman–Crippen MR) is 121 cm³/mol. The average molecular weight is 448 g/mol. The van der Waals surface area contributed by atoms with Gasteiger partial charge in [0.1, 0.15) is 6.61 Å². The molecule has 9 nitrogen and oxygen atoms in total. The minimum Gasteiger partial charge on any atom is -0.476 e. The fraction of sp³-hybridized carbons (Fsp3) is 0.250. The molecule has 1 atom stereocenters. The number of anilines is 1. The molecule has 9 heteroatoms. The number of nitrogens with zero attached hydrogens (tertiary/aromatic N) is 2. The molecule has 0 bridgehead atoms. The number of ether oxygens (including phenoxy) is 1. The topological polar surface area (TPSA) is 123 Å². The monoisotopic (exact) mass is 448 g/mol. The number of aromatic carboxylic acids is 1. The van der Waals surface area contributed by atoms with Crippen LogP contribution >= 0.6 is 0 Å². The number of alkyl carbamates (subject to hydrolysis) is 1. The number of hydrogen-bond donors (Lipinski definition) is 3. The number of carboxylic acids is 1. The second-order valence-electron chi connectivity index (χ2n) is 7.93. The van der Waals surface area contributed by atoms with Crippen molar-refractivity contribution in [2.75, 3.05) is 18.5 Å². The molecule has 3 aromatic rings. The van der Waals surface area contributed by atoms with Crippen LogP contribution in [0.2, 0.25) is 0 Å². The number of rotatable bonds is 7. The van der Waals surface area contributed by atoms with Crippen LogP contribution in [0, 0.1) is 5.92 Å². The third kappa shape index (κ3) is 4.43. The fourth-order valence-electron chi connectivity index (χ4n) is 4.02. The van der Waals surface area contributed by atoms with Gasteiger partial charge in [-0.2, -0.15) is 5.10 Å². The Morgan fingerprint density at radius 3 is 2.30 bits per heavy atom. The summed E-state index contributed by atoms with van der Waals surface area (Å²) in [7, 11) is 1.47. The Morgan fingerprint density at radius 1 is 1.09 bits per heavy atom. The lowest BCUT2D eigenvalue weighted by atomic mass is 9.98. The van der Waals surface area contributed by atoms with E-state index in [9.17, 15) is 19.5 Å². The van der Waals surface area contributed by atoms with Crippen LogP contribution in [0.25, 0.3) is 11.1 Å².